The molecule has 0 radical (unpaired) electrons. The van der Waals surface area contributed by atoms with E-state index < -0.39 is 64.3 Å². The van der Waals surface area contributed by atoms with Crippen LogP contribution in [0, 0.1) is 5.41 Å². The van der Waals surface area contributed by atoms with E-state index in [1.54, 1.807) is 72.1 Å². The largest absolute Gasteiger partial charge is 0.514 e. The molecule has 288 valence electrons. The lowest BCUT2D eigenvalue weighted by atomic mass is 9.87. The molecule has 5 aromatic rings. The van der Waals surface area contributed by atoms with Crippen LogP contribution in [0.1, 0.15) is 24.2 Å². The summed E-state index contributed by atoms with van der Waals surface area (Å²) in [6.45, 7) is 0.323. The summed E-state index contributed by atoms with van der Waals surface area (Å²) in [5.74, 6) is -2.02. The molecule has 0 N–H and O–H groups in total. The Hall–Kier alpha value is -4.92. The van der Waals surface area contributed by atoms with Crippen LogP contribution in [0.3, 0.4) is 0 Å². The van der Waals surface area contributed by atoms with E-state index >= 15 is 0 Å². The lowest BCUT2D eigenvalue weighted by Crippen LogP contribution is -2.78. The predicted molar refractivity (Wildman–Crippen MR) is 213 cm³/mol. The Morgan fingerprint density at radius 2 is 1.52 bits per heavy atom. The van der Waals surface area contributed by atoms with E-state index in [-0.39, 0.29) is 39.6 Å². The van der Waals surface area contributed by atoms with Crippen molar-refractivity contribution in [3.8, 4) is 17.2 Å². The Labute approximate surface area is 343 Å². The minimum absolute atomic E-state index is 0.0536. The number of anilines is 1. The lowest BCUT2D eigenvalue weighted by molar-refractivity contribution is -0.168. The molecule has 2 fully saturated rings. The van der Waals surface area contributed by atoms with E-state index in [1.807, 2.05) is 12.1 Å². The average molecular weight is 854 g/mol. The van der Waals surface area contributed by atoms with E-state index in [0.29, 0.717) is 21.2 Å². The second-order valence-corrected chi connectivity index (χ2v) is 16.7. The third-order valence-electron chi connectivity index (χ3n) is 9.18. The summed E-state index contributed by atoms with van der Waals surface area (Å²) in [7, 11) is -1.93. The topological polar surface area (TPSA) is 129 Å². The molecule has 0 spiro atoms. The zero-order valence-corrected chi connectivity index (χ0v) is 33.2. The predicted octanol–water partition coefficient (Wildman–Crippen LogP) is 8.69. The number of halogens is 3. The van der Waals surface area contributed by atoms with Gasteiger partial charge in [-0.1, -0.05) is 95.5 Å². The second-order valence-electron chi connectivity index (χ2n) is 13.0. The van der Waals surface area contributed by atoms with Gasteiger partial charge in [0.15, 0.2) is 17.6 Å². The minimum Gasteiger partial charge on any atom is -0.452 e. The minimum atomic E-state index is -1.93. The maximum atomic E-state index is 14.6. The number of ether oxygens (including phenoxy) is 4. The number of carbonyl (C=O) groups excluding carboxylic acids is 4. The van der Waals surface area contributed by atoms with Crippen molar-refractivity contribution in [3.05, 3.63) is 141 Å². The van der Waals surface area contributed by atoms with Gasteiger partial charge in [0.05, 0.1) is 10.0 Å². The molecule has 0 saturated carbocycles. The highest BCUT2D eigenvalue weighted by atomic mass is 35.5. The number of benzene rings is 4. The van der Waals surface area contributed by atoms with Crippen LogP contribution in [0.2, 0.25) is 15.1 Å². The Bertz CT molecular complexity index is 2260. The molecular weight excluding hydrogens is 823 g/mol. The van der Waals surface area contributed by atoms with Crippen molar-refractivity contribution in [1.82, 2.24) is 4.90 Å². The molecular formula is C40H31Cl3N2O9S2. The lowest BCUT2D eigenvalue weighted by Gasteiger charge is -2.55. The van der Waals surface area contributed by atoms with Crippen LogP contribution in [0.25, 0.3) is 0 Å². The fraction of sp³-hybridized carbons (Fsp3) is 0.200. The van der Waals surface area contributed by atoms with Crippen LogP contribution in [-0.2, 0) is 34.7 Å². The first-order valence-corrected chi connectivity index (χ1v) is 20.4. The highest BCUT2D eigenvalue weighted by molar-refractivity contribution is 7.86. The Kier molecular flexibility index (Phi) is 11.7. The van der Waals surface area contributed by atoms with Gasteiger partial charge in [0.25, 0.3) is 0 Å². The van der Waals surface area contributed by atoms with Gasteiger partial charge in [0.1, 0.15) is 29.2 Å². The third kappa shape index (κ3) is 8.14. The molecule has 56 heavy (non-hydrogen) atoms. The molecule has 7 rings (SSSR count). The number of hydrogen-bond donors (Lipinski definition) is 0. The molecule has 2 amide bonds. The molecule has 3 heterocycles. The summed E-state index contributed by atoms with van der Waals surface area (Å²) >= 11 is 19.8. The van der Waals surface area contributed by atoms with Crippen molar-refractivity contribution in [2.45, 2.75) is 24.4 Å². The molecule has 11 nitrogen and oxygen atoms in total. The van der Waals surface area contributed by atoms with Crippen LogP contribution in [-0.4, -0.2) is 63.4 Å². The number of esters is 1. The van der Waals surface area contributed by atoms with Crippen molar-refractivity contribution in [2.24, 2.45) is 5.41 Å². The number of thiophene rings is 1. The zero-order chi connectivity index (χ0) is 39.6. The van der Waals surface area contributed by atoms with E-state index in [2.05, 4.69) is 0 Å². The third-order valence-corrected chi connectivity index (χ3v) is 12.7. The zero-order valence-electron chi connectivity index (χ0n) is 29.3. The average Bonchev–Trinajstić information content (AvgIpc) is 3.72. The number of fused-ring (bicyclic) bond motifs is 1. The summed E-state index contributed by atoms with van der Waals surface area (Å²) in [6, 6.07) is 29.3. The molecule has 2 aliphatic rings. The molecule has 4 aromatic carbocycles. The molecule has 0 bridgehead atoms. The number of nitrogens with zero attached hydrogens (tertiary/aromatic N) is 2. The molecule has 1 aromatic heterocycles. The standard InChI is InChI=1S/C40H31Cl3N2O9S2/c1-24(46)45(33-13-8-18-55-33)34-36(47)44-21-40(23-56(50)37(34)44,38(48)54-35(25-9-4-2-5-10-25)26-11-6-3-7-12-26)22-51-39(49)53-32-20-28(42)15-17-31(32)52-30-16-14-27(41)19-29(30)43/h2-20,34-35,37H,21-23H2,1H3/t34?,37-,40?,56?/m1/s1. The summed E-state index contributed by atoms with van der Waals surface area (Å²) in [5.41, 5.74) is -0.517. The summed E-state index contributed by atoms with van der Waals surface area (Å²) in [5, 5.41) is 2.14. The van der Waals surface area contributed by atoms with E-state index in [1.165, 1.54) is 58.4 Å². The van der Waals surface area contributed by atoms with Gasteiger partial charge < -0.3 is 23.8 Å². The van der Waals surface area contributed by atoms with Gasteiger partial charge in [0.2, 0.25) is 11.8 Å². The van der Waals surface area contributed by atoms with Gasteiger partial charge in [-0.25, -0.2) is 4.79 Å². The van der Waals surface area contributed by atoms with Gasteiger partial charge in [-0.05, 0) is 59.0 Å². The van der Waals surface area contributed by atoms with Gasteiger partial charge in [-0.3, -0.25) is 23.5 Å². The first kappa shape index (κ1) is 39.3. The monoisotopic (exact) mass is 852 g/mol. The van der Waals surface area contributed by atoms with Crippen LogP contribution in [0.5, 0.6) is 17.2 Å². The van der Waals surface area contributed by atoms with Crippen molar-refractivity contribution < 1.29 is 42.3 Å². The maximum Gasteiger partial charge on any atom is 0.514 e. The molecule has 4 atom stereocenters. The van der Waals surface area contributed by atoms with Crippen molar-refractivity contribution in [3.63, 3.8) is 0 Å². The Morgan fingerprint density at radius 3 is 2.12 bits per heavy atom. The van der Waals surface area contributed by atoms with E-state index in [0.717, 1.165) is 0 Å². The highest BCUT2D eigenvalue weighted by Gasteiger charge is 2.63. The van der Waals surface area contributed by atoms with Crippen molar-refractivity contribution in [1.29, 1.82) is 0 Å². The second kappa shape index (κ2) is 16.7. The highest BCUT2D eigenvalue weighted by Crippen LogP contribution is 2.43. The van der Waals surface area contributed by atoms with Crippen molar-refractivity contribution in [2.75, 3.05) is 23.8 Å². The number of rotatable bonds is 11. The molecule has 3 unspecified atom stereocenters. The fourth-order valence-corrected chi connectivity index (χ4v) is 9.96. The Balaban J connectivity index is 1.17. The van der Waals surface area contributed by atoms with E-state index in [4.69, 9.17) is 53.8 Å². The normalized spacial score (nSPS) is 20.1. The van der Waals surface area contributed by atoms with E-state index in [9.17, 15) is 23.4 Å². The van der Waals surface area contributed by atoms with Crippen molar-refractivity contribution >= 4 is 85.9 Å². The van der Waals surface area contributed by atoms with Crippen LogP contribution in [0.4, 0.5) is 9.80 Å². The maximum absolute atomic E-state index is 14.6. The van der Waals surface area contributed by atoms with Gasteiger partial charge >= 0.3 is 12.1 Å². The van der Waals surface area contributed by atoms with Crippen LogP contribution in [0.15, 0.2) is 115 Å². The molecule has 0 aliphatic carbocycles. The Morgan fingerprint density at radius 1 is 0.875 bits per heavy atom. The van der Waals surface area contributed by atoms with Gasteiger partial charge in [0, 0.05) is 46.1 Å². The number of amides is 2. The molecule has 16 heteroatoms. The fourth-order valence-electron chi connectivity index (χ4n) is 6.55. The summed E-state index contributed by atoms with van der Waals surface area (Å²) in [4.78, 5) is 57.3. The summed E-state index contributed by atoms with van der Waals surface area (Å²) < 4.78 is 37.5. The molecule has 2 saturated heterocycles. The van der Waals surface area contributed by atoms with Crippen LogP contribution < -0.4 is 14.4 Å². The first-order valence-electron chi connectivity index (χ1n) is 17.0. The SMILES string of the molecule is CC(=O)N(c1cccs1)C1C(=O)N2CC(COC(=O)Oc3cc(Cl)ccc3Oc3ccc(Cl)cc3Cl)(C(=O)OC(c3ccccc3)c3ccccc3)CS(=O)[C@H]12. The first-order chi connectivity index (χ1) is 26.9. The van der Waals surface area contributed by atoms with Crippen LogP contribution >= 0.6 is 46.1 Å². The summed E-state index contributed by atoms with van der Waals surface area (Å²) in [6.07, 6.45) is -2.16. The number of hydrogen-bond acceptors (Lipinski definition) is 10. The van der Waals surface area contributed by atoms with Gasteiger partial charge in [-0.2, -0.15) is 0 Å². The van der Waals surface area contributed by atoms with Gasteiger partial charge in [-0.15, -0.1) is 11.3 Å². The number of carbonyl (C=O) groups is 4. The number of β-lactam (4-membered cyclic amide) rings is 1. The smallest absolute Gasteiger partial charge is 0.452 e. The quantitative estimate of drug-likeness (QED) is 0.0728. The molecule has 2 aliphatic heterocycles.